The van der Waals surface area contributed by atoms with Gasteiger partial charge < -0.3 is 4.52 Å². The average molecular weight is 442 g/mol. The molecule has 0 spiro atoms. The van der Waals surface area contributed by atoms with Gasteiger partial charge in [0.15, 0.2) is 5.82 Å². The van der Waals surface area contributed by atoms with Crippen LogP contribution >= 0.6 is 11.3 Å². The zero-order valence-corrected chi connectivity index (χ0v) is 16.7. The van der Waals surface area contributed by atoms with Crippen LogP contribution in [0.2, 0.25) is 0 Å². The standard InChI is InChI=1S/C16H13F3N6O2S2/c1-9-14(24-29(2,26)7-11-6-28-8-20-11)25-4-3-10(5-12(25)21-9)13-22-15(27-23-13)16(17,18)19/h3-6,8H,7H2,1-2H3. The van der Waals surface area contributed by atoms with Crippen molar-refractivity contribution in [3.8, 4) is 11.4 Å². The van der Waals surface area contributed by atoms with Crippen LogP contribution < -0.4 is 0 Å². The summed E-state index contributed by atoms with van der Waals surface area (Å²) in [4.78, 5) is 11.9. The molecule has 1 atom stereocenters. The van der Waals surface area contributed by atoms with Crippen LogP contribution in [0.15, 0.2) is 38.1 Å². The Morgan fingerprint density at radius 2 is 2.14 bits per heavy atom. The van der Waals surface area contributed by atoms with Crippen molar-refractivity contribution in [2.24, 2.45) is 4.36 Å². The van der Waals surface area contributed by atoms with E-state index in [1.807, 2.05) is 5.38 Å². The molecule has 0 aromatic carbocycles. The van der Waals surface area contributed by atoms with Crippen LogP contribution in [0.3, 0.4) is 0 Å². The Balaban J connectivity index is 1.73. The third-order valence-electron chi connectivity index (χ3n) is 3.87. The highest BCUT2D eigenvalue weighted by Crippen LogP contribution is 2.30. The molecule has 0 N–H and O–H groups in total. The maximum Gasteiger partial charge on any atom is 0.471 e. The van der Waals surface area contributed by atoms with Crippen molar-refractivity contribution in [3.63, 3.8) is 0 Å². The summed E-state index contributed by atoms with van der Waals surface area (Å²) in [5.74, 6) is -1.03. The van der Waals surface area contributed by atoms with Gasteiger partial charge in [0, 0.05) is 23.4 Å². The first-order valence-corrected chi connectivity index (χ1v) is 11.1. The number of nitrogens with zero attached hydrogens (tertiary/aromatic N) is 6. The number of imidazole rings is 1. The number of fused-ring (bicyclic) bond motifs is 1. The Bertz CT molecular complexity index is 1300. The van der Waals surface area contributed by atoms with Gasteiger partial charge in [0.25, 0.3) is 0 Å². The summed E-state index contributed by atoms with van der Waals surface area (Å²) in [6.07, 6.45) is -1.62. The number of pyridine rings is 1. The topological polar surface area (TPSA) is 98.5 Å². The molecule has 0 saturated heterocycles. The van der Waals surface area contributed by atoms with E-state index < -0.39 is 21.8 Å². The van der Waals surface area contributed by atoms with Gasteiger partial charge in [-0.3, -0.25) is 4.40 Å². The molecule has 0 aliphatic carbocycles. The molecule has 152 valence electrons. The number of halogens is 3. The zero-order chi connectivity index (χ0) is 20.8. The number of rotatable bonds is 4. The highest BCUT2D eigenvalue weighted by atomic mass is 32.2. The summed E-state index contributed by atoms with van der Waals surface area (Å²) in [6.45, 7) is 1.71. The minimum atomic E-state index is -4.72. The van der Waals surface area contributed by atoms with Crippen molar-refractivity contribution in [2.75, 3.05) is 6.26 Å². The first-order chi connectivity index (χ1) is 13.6. The minimum Gasteiger partial charge on any atom is -0.329 e. The number of hydrogen-bond acceptors (Lipinski definition) is 8. The molecule has 4 rings (SSSR count). The Morgan fingerprint density at radius 1 is 1.34 bits per heavy atom. The summed E-state index contributed by atoms with van der Waals surface area (Å²) in [6, 6.07) is 3.02. The molecular weight excluding hydrogens is 429 g/mol. The average Bonchev–Trinajstić information content (AvgIpc) is 3.35. The fraction of sp³-hybridized carbons (Fsp3) is 0.250. The molecule has 0 bridgehead atoms. The summed E-state index contributed by atoms with van der Waals surface area (Å²) < 4.78 is 61.2. The second-order valence-corrected chi connectivity index (χ2v) is 9.37. The van der Waals surface area contributed by atoms with E-state index in [4.69, 9.17) is 0 Å². The lowest BCUT2D eigenvalue weighted by Crippen LogP contribution is -2.04. The zero-order valence-electron chi connectivity index (χ0n) is 15.0. The van der Waals surface area contributed by atoms with Gasteiger partial charge in [-0.2, -0.15) is 22.5 Å². The predicted octanol–water partition coefficient (Wildman–Crippen LogP) is 4.10. The summed E-state index contributed by atoms with van der Waals surface area (Å²) in [5, 5.41) is 5.18. The molecule has 0 saturated carbocycles. The maximum absolute atomic E-state index is 12.9. The molecule has 4 aromatic rings. The Hall–Kier alpha value is -2.80. The fourth-order valence-corrected chi connectivity index (χ4v) is 4.67. The van der Waals surface area contributed by atoms with Crippen LogP contribution in [0, 0.1) is 6.92 Å². The quantitative estimate of drug-likeness (QED) is 0.472. The van der Waals surface area contributed by atoms with E-state index in [1.54, 1.807) is 23.0 Å². The molecule has 4 heterocycles. The van der Waals surface area contributed by atoms with Crippen LogP contribution in [-0.4, -0.2) is 35.0 Å². The Kier molecular flexibility index (Phi) is 4.65. The Morgan fingerprint density at radius 3 is 2.79 bits per heavy atom. The second-order valence-electron chi connectivity index (χ2n) is 6.26. The molecule has 4 aromatic heterocycles. The molecule has 29 heavy (non-hydrogen) atoms. The molecule has 0 aliphatic rings. The first-order valence-electron chi connectivity index (χ1n) is 8.09. The van der Waals surface area contributed by atoms with Gasteiger partial charge in [0.2, 0.25) is 5.82 Å². The maximum atomic E-state index is 12.9. The fourth-order valence-electron chi connectivity index (χ4n) is 2.65. The lowest BCUT2D eigenvalue weighted by molar-refractivity contribution is -0.159. The highest BCUT2D eigenvalue weighted by Gasteiger charge is 2.38. The van der Waals surface area contributed by atoms with Gasteiger partial charge in [0.05, 0.1) is 32.4 Å². The lowest BCUT2D eigenvalue weighted by atomic mass is 10.2. The van der Waals surface area contributed by atoms with Gasteiger partial charge in [-0.25, -0.2) is 14.2 Å². The number of aromatic nitrogens is 5. The number of alkyl halides is 3. The largest absolute Gasteiger partial charge is 0.471 e. The van der Waals surface area contributed by atoms with Gasteiger partial charge >= 0.3 is 12.1 Å². The third-order valence-corrected chi connectivity index (χ3v) is 5.90. The summed E-state index contributed by atoms with van der Waals surface area (Å²) >= 11 is 1.41. The van der Waals surface area contributed by atoms with Gasteiger partial charge in [-0.15, -0.1) is 11.3 Å². The van der Waals surface area contributed by atoms with E-state index in [-0.39, 0.29) is 11.6 Å². The van der Waals surface area contributed by atoms with Crippen LogP contribution in [0.25, 0.3) is 17.0 Å². The van der Waals surface area contributed by atoms with Gasteiger partial charge in [0.1, 0.15) is 5.65 Å². The van der Waals surface area contributed by atoms with E-state index in [9.17, 15) is 17.4 Å². The van der Waals surface area contributed by atoms with E-state index >= 15 is 0 Å². The number of aryl methyl sites for hydroxylation is 1. The van der Waals surface area contributed by atoms with Crippen LogP contribution in [0.1, 0.15) is 17.3 Å². The van der Waals surface area contributed by atoms with Crippen LogP contribution in [0.5, 0.6) is 0 Å². The van der Waals surface area contributed by atoms with Crippen LogP contribution in [-0.2, 0) is 21.7 Å². The number of hydrogen-bond donors (Lipinski definition) is 0. The van der Waals surface area contributed by atoms with Crippen molar-refractivity contribution >= 4 is 32.5 Å². The number of thiazole rings is 1. The van der Waals surface area contributed by atoms with Crippen molar-refractivity contribution in [1.82, 2.24) is 24.5 Å². The minimum absolute atomic E-state index is 0.199. The van der Waals surface area contributed by atoms with Crippen molar-refractivity contribution in [3.05, 3.63) is 46.5 Å². The smallest absolute Gasteiger partial charge is 0.329 e. The molecule has 13 heteroatoms. The predicted molar refractivity (Wildman–Crippen MR) is 100 cm³/mol. The first kappa shape index (κ1) is 19.5. The van der Waals surface area contributed by atoms with Crippen molar-refractivity contribution < 1.29 is 21.9 Å². The van der Waals surface area contributed by atoms with Crippen molar-refractivity contribution in [2.45, 2.75) is 18.9 Å². The molecule has 0 aliphatic heterocycles. The van der Waals surface area contributed by atoms with E-state index in [0.717, 1.165) is 0 Å². The SMILES string of the molecule is Cc1nc2cc(-c3noc(C(F)(F)F)n3)ccn2c1N=S(C)(=O)Cc1cscn1. The molecule has 8 nitrogen and oxygen atoms in total. The van der Waals surface area contributed by atoms with Gasteiger partial charge in [-0.1, -0.05) is 5.16 Å². The Labute approximate surface area is 166 Å². The molecular formula is C16H13F3N6O2S2. The van der Waals surface area contributed by atoms with E-state index in [0.29, 0.717) is 28.4 Å². The molecule has 0 radical (unpaired) electrons. The monoisotopic (exact) mass is 442 g/mol. The van der Waals surface area contributed by atoms with Crippen LogP contribution in [0.4, 0.5) is 19.0 Å². The third kappa shape index (κ3) is 4.00. The van der Waals surface area contributed by atoms with Gasteiger partial charge in [-0.05, 0) is 19.1 Å². The summed E-state index contributed by atoms with van der Waals surface area (Å²) in [7, 11) is -2.62. The van der Waals surface area contributed by atoms with E-state index in [1.165, 1.54) is 29.7 Å². The van der Waals surface area contributed by atoms with Crippen molar-refractivity contribution in [1.29, 1.82) is 0 Å². The van der Waals surface area contributed by atoms with E-state index in [2.05, 4.69) is 29.0 Å². The summed E-state index contributed by atoms with van der Waals surface area (Å²) in [5.41, 5.74) is 3.58. The highest BCUT2D eigenvalue weighted by molar-refractivity contribution is 7.92. The second kappa shape index (κ2) is 6.91. The molecule has 1 unspecified atom stereocenters. The molecule has 0 fully saturated rings. The lowest BCUT2D eigenvalue weighted by Gasteiger charge is -2.03. The normalized spacial score (nSPS) is 14.2. The molecule has 0 amide bonds.